The number of carbonyl (C=O) groups is 1. The summed E-state index contributed by atoms with van der Waals surface area (Å²) in [6.45, 7) is 2.13. The molecule has 3 aliphatic rings. The summed E-state index contributed by atoms with van der Waals surface area (Å²) >= 11 is 0. The lowest BCUT2D eigenvalue weighted by Crippen LogP contribution is -2.53. The van der Waals surface area contributed by atoms with Gasteiger partial charge in [0.05, 0.1) is 5.41 Å². The zero-order valence-corrected chi connectivity index (χ0v) is 16.0. The molecule has 2 aliphatic heterocycles. The van der Waals surface area contributed by atoms with Crippen LogP contribution in [0.3, 0.4) is 0 Å². The van der Waals surface area contributed by atoms with Crippen molar-refractivity contribution < 1.29 is 4.79 Å². The first kappa shape index (κ1) is 18.7. The van der Waals surface area contributed by atoms with Crippen LogP contribution in [0.5, 0.6) is 0 Å². The van der Waals surface area contributed by atoms with Gasteiger partial charge in [0.15, 0.2) is 0 Å². The van der Waals surface area contributed by atoms with Crippen molar-refractivity contribution in [3.63, 3.8) is 0 Å². The van der Waals surface area contributed by atoms with E-state index in [1.54, 1.807) is 0 Å². The molecule has 1 aromatic carbocycles. The summed E-state index contributed by atoms with van der Waals surface area (Å²) in [6, 6.07) is 10.2. The molecule has 3 fully saturated rings. The van der Waals surface area contributed by atoms with E-state index in [4.69, 9.17) is 0 Å². The summed E-state index contributed by atoms with van der Waals surface area (Å²) < 4.78 is 0. The zero-order chi connectivity index (χ0) is 16.6. The SMILES string of the molecule is Cc1cccc(C2(C(=O)NC3CC4CCC(C3)N4)CCCCC2)c1.Cl. The smallest absolute Gasteiger partial charge is 0.230 e. The second-order valence-corrected chi connectivity index (χ2v) is 8.29. The highest BCUT2D eigenvalue weighted by Gasteiger charge is 2.43. The highest BCUT2D eigenvalue weighted by Crippen LogP contribution is 2.40. The molecule has 1 amide bonds. The Bertz CT molecular complexity index is 600. The van der Waals surface area contributed by atoms with Crippen molar-refractivity contribution >= 4 is 18.3 Å². The van der Waals surface area contributed by atoms with E-state index in [2.05, 4.69) is 41.8 Å². The van der Waals surface area contributed by atoms with Crippen LogP contribution in [0, 0.1) is 6.92 Å². The van der Waals surface area contributed by atoms with E-state index < -0.39 is 0 Å². The number of benzene rings is 1. The fraction of sp³-hybridized carbons (Fsp3) is 0.667. The molecule has 2 heterocycles. The summed E-state index contributed by atoms with van der Waals surface area (Å²) in [5.74, 6) is 0.291. The maximum atomic E-state index is 13.4. The van der Waals surface area contributed by atoms with Gasteiger partial charge in [-0.1, -0.05) is 49.1 Å². The van der Waals surface area contributed by atoms with Crippen molar-refractivity contribution in [3.8, 4) is 0 Å². The minimum absolute atomic E-state index is 0. The molecule has 2 unspecified atom stereocenters. The second-order valence-electron chi connectivity index (χ2n) is 8.29. The normalized spacial score (nSPS) is 30.4. The number of rotatable bonds is 3. The Morgan fingerprint density at radius 2 is 1.80 bits per heavy atom. The van der Waals surface area contributed by atoms with Gasteiger partial charge >= 0.3 is 0 Å². The lowest BCUT2D eigenvalue weighted by atomic mass is 9.68. The van der Waals surface area contributed by atoms with Crippen molar-refractivity contribution in [1.29, 1.82) is 0 Å². The summed E-state index contributed by atoms with van der Waals surface area (Å²) in [5.41, 5.74) is 2.19. The first-order chi connectivity index (χ1) is 11.7. The molecule has 2 saturated heterocycles. The van der Waals surface area contributed by atoms with Gasteiger partial charge in [-0.15, -0.1) is 12.4 Å². The lowest BCUT2D eigenvalue weighted by molar-refractivity contribution is -0.129. The molecule has 1 saturated carbocycles. The number of hydrogen-bond donors (Lipinski definition) is 2. The summed E-state index contributed by atoms with van der Waals surface area (Å²) in [5, 5.41) is 7.14. The predicted octanol–water partition coefficient (Wildman–Crippen LogP) is 4.02. The van der Waals surface area contributed by atoms with E-state index in [0.717, 1.165) is 25.7 Å². The quantitative estimate of drug-likeness (QED) is 0.852. The fourth-order valence-electron chi connectivity index (χ4n) is 5.24. The fourth-order valence-corrected chi connectivity index (χ4v) is 5.24. The number of amides is 1. The van der Waals surface area contributed by atoms with Gasteiger partial charge in [-0.25, -0.2) is 0 Å². The lowest BCUT2D eigenvalue weighted by Gasteiger charge is -2.39. The number of hydrogen-bond acceptors (Lipinski definition) is 2. The molecule has 2 N–H and O–H groups in total. The Labute approximate surface area is 157 Å². The molecule has 4 heteroatoms. The number of nitrogens with one attached hydrogen (secondary N) is 2. The van der Waals surface area contributed by atoms with Crippen LogP contribution < -0.4 is 10.6 Å². The van der Waals surface area contributed by atoms with Crippen LogP contribution in [0.25, 0.3) is 0 Å². The van der Waals surface area contributed by atoms with Crippen LogP contribution in [0.1, 0.15) is 68.9 Å². The van der Waals surface area contributed by atoms with Crippen LogP contribution in [0.15, 0.2) is 24.3 Å². The number of fused-ring (bicyclic) bond motifs is 2. The highest BCUT2D eigenvalue weighted by molar-refractivity contribution is 5.88. The highest BCUT2D eigenvalue weighted by atomic mass is 35.5. The largest absolute Gasteiger partial charge is 0.352 e. The first-order valence-corrected chi connectivity index (χ1v) is 9.80. The van der Waals surface area contributed by atoms with E-state index in [1.165, 1.54) is 43.2 Å². The standard InChI is InChI=1S/C21H30N2O.ClH/c1-15-6-5-7-16(12-15)21(10-3-2-4-11-21)20(24)23-19-13-17-8-9-18(14-19)22-17;/h5-7,12,17-19,22H,2-4,8-11,13-14H2,1H3,(H,23,24);1H. The maximum absolute atomic E-state index is 13.4. The summed E-state index contributed by atoms with van der Waals surface area (Å²) in [4.78, 5) is 13.4. The Morgan fingerprint density at radius 3 is 2.44 bits per heavy atom. The van der Waals surface area contributed by atoms with Crippen LogP contribution in [-0.4, -0.2) is 24.0 Å². The van der Waals surface area contributed by atoms with Crippen LogP contribution in [0.4, 0.5) is 0 Å². The van der Waals surface area contributed by atoms with Crippen molar-refractivity contribution in [1.82, 2.24) is 10.6 Å². The van der Waals surface area contributed by atoms with E-state index in [9.17, 15) is 4.79 Å². The van der Waals surface area contributed by atoms with Gasteiger partial charge in [0.2, 0.25) is 5.91 Å². The van der Waals surface area contributed by atoms with Crippen LogP contribution >= 0.6 is 12.4 Å². The van der Waals surface area contributed by atoms with Crippen molar-refractivity contribution in [2.45, 2.75) is 88.3 Å². The van der Waals surface area contributed by atoms with Gasteiger partial charge in [-0.05, 0) is 51.0 Å². The topological polar surface area (TPSA) is 41.1 Å². The number of carbonyl (C=O) groups excluding carboxylic acids is 1. The number of piperidine rings is 1. The van der Waals surface area contributed by atoms with E-state index in [0.29, 0.717) is 24.0 Å². The summed E-state index contributed by atoms with van der Waals surface area (Å²) in [6.07, 6.45) is 10.4. The van der Waals surface area contributed by atoms with Gasteiger partial charge in [-0.3, -0.25) is 4.79 Å². The molecule has 138 valence electrons. The Balaban J connectivity index is 0.00000182. The third-order valence-electron chi connectivity index (χ3n) is 6.52. The molecule has 4 rings (SSSR count). The average molecular weight is 363 g/mol. The van der Waals surface area contributed by atoms with Crippen LogP contribution in [0.2, 0.25) is 0 Å². The molecule has 0 radical (unpaired) electrons. The first-order valence-electron chi connectivity index (χ1n) is 9.80. The summed E-state index contributed by atoms with van der Waals surface area (Å²) in [7, 11) is 0. The monoisotopic (exact) mass is 362 g/mol. The Hall–Kier alpha value is -1.06. The molecule has 1 aliphatic carbocycles. The van der Waals surface area contributed by atoms with E-state index in [1.807, 2.05) is 0 Å². The Kier molecular flexibility index (Phi) is 5.75. The minimum Gasteiger partial charge on any atom is -0.352 e. The molecular weight excluding hydrogens is 332 g/mol. The van der Waals surface area contributed by atoms with Crippen molar-refractivity contribution in [2.75, 3.05) is 0 Å². The second kappa shape index (κ2) is 7.67. The average Bonchev–Trinajstić information content (AvgIpc) is 2.94. The van der Waals surface area contributed by atoms with Gasteiger partial charge in [0.1, 0.15) is 0 Å². The predicted molar refractivity (Wildman–Crippen MR) is 104 cm³/mol. The molecule has 1 aromatic rings. The number of aryl methyl sites for hydroxylation is 1. The van der Waals surface area contributed by atoms with Gasteiger partial charge in [0.25, 0.3) is 0 Å². The van der Waals surface area contributed by atoms with Crippen molar-refractivity contribution in [2.24, 2.45) is 0 Å². The van der Waals surface area contributed by atoms with Gasteiger partial charge < -0.3 is 10.6 Å². The maximum Gasteiger partial charge on any atom is 0.230 e. The molecule has 2 bridgehead atoms. The van der Waals surface area contributed by atoms with E-state index >= 15 is 0 Å². The third kappa shape index (κ3) is 3.73. The van der Waals surface area contributed by atoms with Gasteiger partial charge in [-0.2, -0.15) is 0 Å². The third-order valence-corrected chi connectivity index (χ3v) is 6.52. The molecule has 2 atom stereocenters. The van der Waals surface area contributed by atoms with E-state index in [-0.39, 0.29) is 17.8 Å². The zero-order valence-electron chi connectivity index (χ0n) is 15.2. The number of halogens is 1. The molecule has 0 aromatic heterocycles. The Morgan fingerprint density at radius 1 is 1.12 bits per heavy atom. The molecular formula is C21H31ClN2O. The molecule has 3 nitrogen and oxygen atoms in total. The minimum atomic E-state index is -0.297. The molecule has 25 heavy (non-hydrogen) atoms. The molecule has 0 spiro atoms. The van der Waals surface area contributed by atoms with Crippen LogP contribution in [-0.2, 0) is 10.2 Å². The van der Waals surface area contributed by atoms with Gasteiger partial charge in [0, 0.05) is 18.1 Å². The van der Waals surface area contributed by atoms with Crippen molar-refractivity contribution in [3.05, 3.63) is 35.4 Å².